The molecule has 19 heavy (non-hydrogen) atoms. The zero-order valence-corrected chi connectivity index (χ0v) is 12.4. The topological polar surface area (TPSA) is 47.0 Å². The molecule has 1 aromatic rings. The maximum Gasteiger partial charge on any atom is 0.226 e. The van der Waals surface area contributed by atoms with E-state index in [-0.39, 0.29) is 0 Å². The van der Waals surface area contributed by atoms with Gasteiger partial charge in [0.05, 0.1) is 0 Å². The first-order chi connectivity index (χ1) is 9.08. The Morgan fingerprint density at radius 2 is 2.05 bits per heavy atom. The van der Waals surface area contributed by atoms with Gasteiger partial charge in [0.1, 0.15) is 6.10 Å². The molecule has 0 amide bonds. The van der Waals surface area contributed by atoms with E-state index in [0.29, 0.717) is 17.9 Å². The molecular weight excluding hydrogens is 238 g/mol. The van der Waals surface area contributed by atoms with Crippen LogP contribution in [0.1, 0.15) is 45.7 Å². The van der Waals surface area contributed by atoms with Crippen molar-refractivity contribution in [1.29, 1.82) is 0 Å². The molecule has 1 saturated carbocycles. The van der Waals surface area contributed by atoms with Crippen LogP contribution in [0.15, 0.2) is 6.07 Å². The summed E-state index contributed by atoms with van der Waals surface area (Å²) >= 11 is 0. The number of nitrogens with zero attached hydrogens (tertiary/aromatic N) is 2. The highest BCUT2D eigenvalue weighted by molar-refractivity contribution is 5.30. The van der Waals surface area contributed by atoms with Gasteiger partial charge in [-0.05, 0) is 44.9 Å². The fourth-order valence-corrected chi connectivity index (χ4v) is 2.61. The first-order valence-corrected chi connectivity index (χ1v) is 7.34. The van der Waals surface area contributed by atoms with Crippen molar-refractivity contribution in [2.24, 2.45) is 11.8 Å². The van der Waals surface area contributed by atoms with E-state index < -0.39 is 0 Å². The van der Waals surface area contributed by atoms with Crippen LogP contribution in [0.2, 0.25) is 0 Å². The molecule has 1 aromatic heterocycles. The fraction of sp³-hybridized carbons (Fsp3) is 0.733. The summed E-state index contributed by atoms with van der Waals surface area (Å²) < 4.78 is 6.05. The highest BCUT2D eigenvalue weighted by Crippen LogP contribution is 2.31. The lowest BCUT2D eigenvalue weighted by Crippen LogP contribution is -2.29. The molecule has 0 radical (unpaired) electrons. The maximum atomic E-state index is 6.05. The van der Waals surface area contributed by atoms with E-state index in [1.165, 1.54) is 6.42 Å². The molecule has 0 spiro atoms. The molecule has 0 saturated heterocycles. The van der Waals surface area contributed by atoms with Gasteiger partial charge in [-0.25, -0.2) is 4.98 Å². The van der Waals surface area contributed by atoms with E-state index in [1.54, 1.807) is 0 Å². The first kappa shape index (κ1) is 14.1. The smallest absolute Gasteiger partial charge is 0.226 e. The Morgan fingerprint density at radius 1 is 1.26 bits per heavy atom. The second-order valence-corrected chi connectivity index (χ2v) is 5.71. The Labute approximate surface area is 116 Å². The number of hydrogen-bond donors (Lipinski definition) is 1. The summed E-state index contributed by atoms with van der Waals surface area (Å²) in [7, 11) is 0. The second-order valence-electron chi connectivity index (χ2n) is 5.71. The summed E-state index contributed by atoms with van der Waals surface area (Å²) in [5.74, 6) is 2.91. The van der Waals surface area contributed by atoms with Gasteiger partial charge in [0, 0.05) is 18.3 Å². The summed E-state index contributed by atoms with van der Waals surface area (Å²) in [5, 5.41) is 3.14. The van der Waals surface area contributed by atoms with Crippen molar-refractivity contribution < 1.29 is 4.74 Å². The van der Waals surface area contributed by atoms with Gasteiger partial charge in [0.15, 0.2) is 0 Å². The molecule has 106 valence electrons. The summed E-state index contributed by atoms with van der Waals surface area (Å²) in [4.78, 5) is 8.76. The van der Waals surface area contributed by atoms with Gasteiger partial charge < -0.3 is 10.1 Å². The molecule has 4 nitrogen and oxygen atoms in total. The first-order valence-electron chi connectivity index (χ1n) is 7.34. The number of hydrogen-bond acceptors (Lipinski definition) is 4. The van der Waals surface area contributed by atoms with Gasteiger partial charge in [-0.2, -0.15) is 4.98 Å². The van der Waals surface area contributed by atoms with Crippen molar-refractivity contribution in [2.45, 2.75) is 53.1 Å². The SMILES string of the molecule is CCNc1nc(C)cc(OC2CCC(C)C(C)C2)n1. The van der Waals surface area contributed by atoms with Crippen LogP contribution in [0.25, 0.3) is 0 Å². The Balaban J connectivity index is 2.02. The molecule has 1 fully saturated rings. The van der Waals surface area contributed by atoms with Crippen molar-refractivity contribution in [1.82, 2.24) is 9.97 Å². The van der Waals surface area contributed by atoms with Crippen LogP contribution < -0.4 is 10.1 Å². The lowest BCUT2D eigenvalue weighted by Gasteiger charge is -2.31. The van der Waals surface area contributed by atoms with Crippen LogP contribution in [-0.4, -0.2) is 22.6 Å². The lowest BCUT2D eigenvalue weighted by molar-refractivity contribution is 0.0964. The minimum absolute atomic E-state index is 0.301. The van der Waals surface area contributed by atoms with Gasteiger partial charge in [-0.3, -0.25) is 0 Å². The molecule has 3 unspecified atom stereocenters. The van der Waals surface area contributed by atoms with Gasteiger partial charge in [0.2, 0.25) is 11.8 Å². The molecule has 1 heterocycles. The van der Waals surface area contributed by atoms with Crippen molar-refractivity contribution >= 4 is 5.95 Å². The fourth-order valence-electron chi connectivity index (χ4n) is 2.61. The minimum atomic E-state index is 0.301. The number of rotatable bonds is 4. The lowest BCUT2D eigenvalue weighted by atomic mass is 9.80. The van der Waals surface area contributed by atoms with Crippen molar-refractivity contribution in [2.75, 3.05) is 11.9 Å². The normalized spacial score (nSPS) is 27.1. The molecule has 0 aromatic carbocycles. The third-order valence-corrected chi connectivity index (χ3v) is 4.00. The molecular formula is C15H25N3O. The number of anilines is 1. The average Bonchev–Trinajstić information content (AvgIpc) is 2.33. The van der Waals surface area contributed by atoms with Gasteiger partial charge in [0.25, 0.3) is 0 Å². The number of ether oxygens (including phenoxy) is 1. The van der Waals surface area contributed by atoms with Gasteiger partial charge in [-0.1, -0.05) is 13.8 Å². The van der Waals surface area contributed by atoms with Crippen LogP contribution in [-0.2, 0) is 0 Å². The monoisotopic (exact) mass is 263 g/mol. The Hall–Kier alpha value is -1.32. The van der Waals surface area contributed by atoms with Crippen LogP contribution in [0.5, 0.6) is 5.88 Å². The van der Waals surface area contributed by atoms with Crippen molar-refractivity contribution in [3.63, 3.8) is 0 Å². The highest BCUT2D eigenvalue weighted by atomic mass is 16.5. The molecule has 0 bridgehead atoms. The summed E-state index contributed by atoms with van der Waals surface area (Å²) in [6.45, 7) is 9.48. The predicted octanol–water partition coefficient (Wildman–Crippen LogP) is 3.42. The zero-order chi connectivity index (χ0) is 13.8. The number of aryl methyl sites for hydroxylation is 1. The standard InChI is InChI=1S/C15H25N3O/c1-5-16-15-17-12(4)9-14(18-15)19-13-7-6-10(2)11(3)8-13/h9-11,13H,5-8H2,1-4H3,(H,16,17,18). The van der Waals surface area contributed by atoms with Gasteiger partial charge >= 0.3 is 0 Å². The average molecular weight is 263 g/mol. The molecule has 1 aliphatic rings. The van der Waals surface area contributed by atoms with E-state index in [9.17, 15) is 0 Å². The summed E-state index contributed by atoms with van der Waals surface area (Å²) in [5.41, 5.74) is 0.943. The summed E-state index contributed by atoms with van der Waals surface area (Å²) in [6, 6.07) is 1.92. The number of nitrogens with one attached hydrogen (secondary N) is 1. The molecule has 1 aliphatic carbocycles. The second kappa shape index (κ2) is 6.22. The van der Waals surface area contributed by atoms with E-state index in [0.717, 1.165) is 36.9 Å². The number of aromatic nitrogens is 2. The van der Waals surface area contributed by atoms with Crippen molar-refractivity contribution in [3.05, 3.63) is 11.8 Å². The molecule has 4 heteroatoms. The Bertz CT molecular complexity index is 422. The Kier molecular flexibility index (Phi) is 4.61. The van der Waals surface area contributed by atoms with Crippen LogP contribution in [0, 0.1) is 18.8 Å². The molecule has 3 atom stereocenters. The molecule has 0 aliphatic heterocycles. The van der Waals surface area contributed by atoms with Crippen LogP contribution in [0.3, 0.4) is 0 Å². The third-order valence-electron chi connectivity index (χ3n) is 4.00. The quantitative estimate of drug-likeness (QED) is 0.904. The van der Waals surface area contributed by atoms with Crippen molar-refractivity contribution in [3.8, 4) is 5.88 Å². The minimum Gasteiger partial charge on any atom is -0.474 e. The third kappa shape index (κ3) is 3.82. The predicted molar refractivity (Wildman–Crippen MR) is 77.5 cm³/mol. The largest absolute Gasteiger partial charge is 0.474 e. The Morgan fingerprint density at radius 3 is 2.74 bits per heavy atom. The van der Waals surface area contributed by atoms with Crippen LogP contribution >= 0.6 is 0 Å². The molecule has 1 N–H and O–H groups in total. The summed E-state index contributed by atoms with van der Waals surface area (Å²) in [6.07, 6.45) is 3.80. The van der Waals surface area contributed by atoms with E-state index in [2.05, 4.69) is 29.1 Å². The maximum absolute atomic E-state index is 6.05. The van der Waals surface area contributed by atoms with E-state index >= 15 is 0 Å². The van der Waals surface area contributed by atoms with E-state index in [1.807, 2.05) is 19.9 Å². The zero-order valence-electron chi connectivity index (χ0n) is 12.4. The van der Waals surface area contributed by atoms with E-state index in [4.69, 9.17) is 4.74 Å². The molecule has 2 rings (SSSR count). The van der Waals surface area contributed by atoms with Gasteiger partial charge in [-0.15, -0.1) is 0 Å². The van der Waals surface area contributed by atoms with Crippen LogP contribution in [0.4, 0.5) is 5.95 Å². The highest BCUT2D eigenvalue weighted by Gasteiger charge is 2.26.